The number of halogens is 1. The Hall–Kier alpha value is -1.40. The van der Waals surface area contributed by atoms with Crippen LogP contribution in [0.15, 0.2) is 40.7 Å². The number of fused-ring (bicyclic) bond motifs is 1. The second kappa shape index (κ2) is 5.18. The number of hydrogen-bond donors (Lipinski definition) is 1. The van der Waals surface area contributed by atoms with E-state index in [1.165, 1.54) is 4.88 Å². The molecule has 4 nitrogen and oxygen atoms in total. The van der Waals surface area contributed by atoms with Crippen LogP contribution in [0.5, 0.6) is 0 Å². The van der Waals surface area contributed by atoms with E-state index in [9.17, 15) is 0 Å². The fraction of sp³-hybridized carbons (Fsp3) is 0.286. The van der Waals surface area contributed by atoms with Crippen LogP contribution >= 0.6 is 27.3 Å². The molecule has 3 aromatic rings. The fourth-order valence-electron chi connectivity index (χ4n) is 2.08. The summed E-state index contributed by atoms with van der Waals surface area (Å²) in [5.74, 6) is 0.800. The molecule has 0 aliphatic carbocycles. The Labute approximate surface area is 130 Å². The van der Waals surface area contributed by atoms with Crippen molar-refractivity contribution in [3.8, 4) is 0 Å². The normalized spacial score (nSPS) is 11.9. The summed E-state index contributed by atoms with van der Waals surface area (Å²) in [6.45, 7) is 5.26. The number of thiophene rings is 1. The fourth-order valence-corrected chi connectivity index (χ4v) is 3.33. The topological polar surface area (TPSA) is 42.2 Å². The van der Waals surface area contributed by atoms with Crippen LogP contribution in [0.1, 0.15) is 18.7 Å². The van der Waals surface area contributed by atoms with Crippen LogP contribution in [0.4, 0.5) is 5.82 Å². The lowest BCUT2D eigenvalue weighted by Gasteiger charge is -2.24. The minimum absolute atomic E-state index is 0.0573. The van der Waals surface area contributed by atoms with Gasteiger partial charge in [0.25, 0.3) is 0 Å². The van der Waals surface area contributed by atoms with Gasteiger partial charge in [0.15, 0.2) is 11.5 Å². The van der Waals surface area contributed by atoms with Crippen molar-refractivity contribution in [2.24, 2.45) is 0 Å². The van der Waals surface area contributed by atoms with Crippen molar-refractivity contribution in [1.29, 1.82) is 0 Å². The Kier molecular flexibility index (Phi) is 3.52. The molecule has 3 heterocycles. The molecule has 0 saturated heterocycles. The Balaban J connectivity index is 1.85. The average Bonchev–Trinajstić information content (AvgIpc) is 3.06. The molecule has 1 N–H and O–H groups in total. The van der Waals surface area contributed by atoms with Crippen molar-refractivity contribution < 1.29 is 0 Å². The monoisotopic (exact) mass is 350 g/mol. The van der Waals surface area contributed by atoms with Crippen LogP contribution in [0.2, 0.25) is 0 Å². The molecule has 0 bridgehead atoms. The van der Waals surface area contributed by atoms with E-state index >= 15 is 0 Å². The summed E-state index contributed by atoms with van der Waals surface area (Å²) in [6.07, 6.45) is 5.59. The Morgan fingerprint density at radius 2 is 2.30 bits per heavy atom. The van der Waals surface area contributed by atoms with E-state index in [1.54, 1.807) is 17.5 Å². The van der Waals surface area contributed by atoms with Crippen LogP contribution in [0.25, 0.3) is 5.65 Å². The van der Waals surface area contributed by atoms with E-state index in [-0.39, 0.29) is 5.41 Å². The molecule has 0 spiro atoms. The molecule has 0 aliphatic heterocycles. The highest BCUT2D eigenvalue weighted by Crippen LogP contribution is 2.28. The van der Waals surface area contributed by atoms with E-state index in [0.29, 0.717) is 0 Å². The van der Waals surface area contributed by atoms with Gasteiger partial charge in [-0.15, -0.1) is 11.3 Å². The van der Waals surface area contributed by atoms with Crippen molar-refractivity contribution >= 4 is 38.7 Å². The minimum atomic E-state index is 0.0573. The Morgan fingerprint density at radius 1 is 1.45 bits per heavy atom. The van der Waals surface area contributed by atoms with Gasteiger partial charge >= 0.3 is 0 Å². The SMILES string of the molecule is CC(C)(CNc1nc(Br)cn2ccnc12)c1cccs1. The first kappa shape index (κ1) is 13.6. The number of anilines is 1. The predicted octanol–water partition coefficient (Wildman–Crippen LogP) is 3.94. The van der Waals surface area contributed by atoms with Gasteiger partial charge in [-0.05, 0) is 27.4 Å². The smallest absolute Gasteiger partial charge is 0.180 e. The first-order valence-corrected chi connectivity index (χ1v) is 8.00. The largest absolute Gasteiger partial charge is 0.366 e. The molecular formula is C14H15BrN4S. The number of imidazole rings is 1. The third-order valence-electron chi connectivity index (χ3n) is 3.23. The molecule has 104 valence electrons. The Morgan fingerprint density at radius 3 is 3.05 bits per heavy atom. The van der Waals surface area contributed by atoms with Crippen molar-refractivity contribution in [2.45, 2.75) is 19.3 Å². The standard InChI is InChI=1S/C14H15BrN4S/c1-14(2,10-4-3-7-20-10)9-17-12-13-16-5-6-19(13)8-11(15)18-12/h3-8H,9H2,1-2H3,(H,17,18). The molecule has 0 radical (unpaired) electrons. The van der Waals surface area contributed by atoms with Crippen molar-refractivity contribution in [3.05, 3.63) is 45.6 Å². The van der Waals surface area contributed by atoms with E-state index in [2.05, 4.69) is 62.6 Å². The summed E-state index contributed by atoms with van der Waals surface area (Å²) < 4.78 is 2.75. The molecule has 3 rings (SSSR count). The summed E-state index contributed by atoms with van der Waals surface area (Å²) in [5.41, 5.74) is 0.900. The first-order chi connectivity index (χ1) is 9.56. The molecule has 6 heteroatoms. The van der Waals surface area contributed by atoms with Crippen LogP contribution < -0.4 is 5.32 Å². The number of hydrogen-bond acceptors (Lipinski definition) is 4. The summed E-state index contributed by atoms with van der Waals surface area (Å²) in [6, 6.07) is 4.26. The van der Waals surface area contributed by atoms with Crippen LogP contribution in [0.3, 0.4) is 0 Å². The van der Waals surface area contributed by atoms with Gasteiger partial charge in [-0.2, -0.15) is 0 Å². The van der Waals surface area contributed by atoms with Gasteiger partial charge < -0.3 is 9.72 Å². The molecule has 0 unspecified atom stereocenters. The highest BCUT2D eigenvalue weighted by Gasteiger charge is 2.22. The lowest BCUT2D eigenvalue weighted by atomic mass is 9.91. The molecular weight excluding hydrogens is 336 g/mol. The molecule has 0 aromatic carbocycles. The molecule has 0 saturated carbocycles. The first-order valence-electron chi connectivity index (χ1n) is 6.33. The number of rotatable bonds is 4. The van der Waals surface area contributed by atoms with Gasteiger partial charge in [0.1, 0.15) is 4.60 Å². The molecule has 0 fully saturated rings. The summed E-state index contributed by atoms with van der Waals surface area (Å²) >= 11 is 5.21. The predicted molar refractivity (Wildman–Crippen MR) is 86.5 cm³/mol. The maximum atomic E-state index is 4.48. The lowest BCUT2D eigenvalue weighted by molar-refractivity contribution is 0.568. The van der Waals surface area contributed by atoms with Crippen LogP contribution in [-0.4, -0.2) is 20.9 Å². The number of nitrogens with one attached hydrogen (secondary N) is 1. The molecule has 0 atom stereocenters. The van der Waals surface area contributed by atoms with Gasteiger partial charge in [-0.25, -0.2) is 9.97 Å². The average molecular weight is 351 g/mol. The number of nitrogens with zero attached hydrogens (tertiary/aromatic N) is 3. The van der Waals surface area contributed by atoms with E-state index in [1.807, 2.05) is 16.8 Å². The van der Waals surface area contributed by atoms with Gasteiger partial charge in [-0.1, -0.05) is 19.9 Å². The lowest BCUT2D eigenvalue weighted by Crippen LogP contribution is -2.27. The van der Waals surface area contributed by atoms with Crippen LogP contribution in [-0.2, 0) is 5.41 Å². The summed E-state index contributed by atoms with van der Waals surface area (Å²) in [4.78, 5) is 10.2. The highest BCUT2D eigenvalue weighted by atomic mass is 79.9. The maximum absolute atomic E-state index is 4.48. The zero-order valence-corrected chi connectivity index (χ0v) is 13.7. The molecule has 0 aliphatic rings. The Bertz CT molecular complexity index is 718. The maximum Gasteiger partial charge on any atom is 0.180 e. The van der Waals surface area contributed by atoms with Gasteiger partial charge in [-0.3, -0.25) is 0 Å². The summed E-state index contributed by atoms with van der Waals surface area (Å²) in [7, 11) is 0. The van der Waals surface area contributed by atoms with Gasteiger partial charge in [0.2, 0.25) is 0 Å². The van der Waals surface area contributed by atoms with E-state index in [0.717, 1.165) is 22.6 Å². The minimum Gasteiger partial charge on any atom is -0.366 e. The second-order valence-corrected chi connectivity index (χ2v) is 7.05. The summed E-state index contributed by atoms with van der Waals surface area (Å²) in [5, 5.41) is 5.54. The molecule has 0 amide bonds. The van der Waals surface area contributed by atoms with Gasteiger partial charge in [0, 0.05) is 35.4 Å². The second-order valence-electron chi connectivity index (χ2n) is 5.29. The highest BCUT2D eigenvalue weighted by molar-refractivity contribution is 9.10. The molecule has 3 aromatic heterocycles. The third-order valence-corrected chi connectivity index (χ3v) is 4.85. The third kappa shape index (κ3) is 2.58. The molecule has 20 heavy (non-hydrogen) atoms. The van der Waals surface area contributed by atoms with Crippen molar-refractivity contribution in [2.75, 3.05) is 11.9 Å². The quantitative estimate of drug-likeness (QED) is 0.774. The number of aromatic nitrogens is 3. The van der Waals surface area contributed by atoms with Crippen molar-refractivity contribution in [3.63, 3.8) is 0 Å². The zero-order valence-electron chi connectivity index (χ0n) is 11.3. The zero-order chi connectivity index (χ0) is 14.2. The van der Waals surface area contributed by atoms with E-state index < -0.39 is 0 Å². The van der Waals surface area contributed by atoms with E-state index in [4.69, 9.17) is 0 Å². The van der Waals surface area contributed by atoms with Crippen molar-refractivity contribution in [1.82, 2.24) is 14.4 Å². The van der Waals surface area contributed by atoms with Crippen LogP contribution in [0, 0.1) is 0 Å². The van der Waals surface area contributed by atoms with Gasteiger partial charge in [0.05, 0.1) is 0 Å².